The predicted octanol–water partition coefficient (Wildman–Crippen LogP) is -1.08. The van der Waals surface area contributed by atoms with Crippen LogP contribution in [0.3, 0.4) is 0 Å². The van der Waals surface area contributed by atoms with Crippen molar-refractivity contribution in [3.63, 3.8) is 0 Å². The van der Waals surface area contributed by atoms with Gasteiger partial charge in [0.15, 0.2) is 5.96 Å². The van der Waals surface area contributed by atoms with Crippen LogP contribution in [0.25, 0.3) is 0 Å². The number of carbonyl (C=O) groups is 1. The second-order valence-corrected chi connectivity index (χ2v) is 2.64. The molecule has 0 rings (SSSR count). The smallest absolute Gasteiger partial charge is 0.316 e. The van der Waals surface area contributed by atoms with Crippen LogP contribution in [0, 0.1) is 0 Å². The monoisotopic (exact) mass is 187 g/mol. The molecule has 5 N–H and O–H groups in total. The van der Waals surface area contributed by atoms with Crippen molar-refractivity contribution >= 4 is 12.0 Å². The van der Waals surface area contributed by atoms with Gasteiger partial charge in [-0.05, 0) is 6.42 Å². The molecule has 0 spiro atoms. The van der Waals surface area contributed by atoms with Gasteiger partial charge in [0.25, 0.3) is 0 Å². The lowest BCUT2D eigenvalue weighted by Gasteiger charge is -2.15. The molecule has 0 atom stereocenters. The highest BCUT2D eigenvalue weighted by atomic mass is 16.2. The summed E-state index contributed by atoms with van der Waals surface area (Å²) in [6.45, 7) is 1.18. The van der Waals surface area contributed by atoms with E-state index in [1.165, 1.54) is 0 Å². The fourth-order valence-electron chi connectivity index (χ4n) is 0.808. The Morgan fingerprint density at radius 1 is 1.54 bits per heavy atom. The molecule has 0 heterocycles. The molecule has 0 aliphatic rings. The number of guanidine groups is 1. The van der Waals surface area contributed by atoms with Crippen molar-refractivity contribution in [3.05, 3.63) is 0 Å². The molecule has 0 fully saturated rings. The van der Waals surface area contributed by atoms with E-state index in [0.717, 1.165) is 6.42 Å². The van der Waals surface area contributed by atoms with E-state index in [1.807, 2.05) is 0 Å². The molecule has 76 valence electrons. The van der Waals surface area contributed by atoms with Crippen LogP contribution in [0.4, 0.5) is 4.79 Å². The fourth-order valence-corrected chi connectivity index (χ4v) is 0.808. The maximum atomic E-state index is 11.0. The molecule has 0 aromatic carbocycles. The minimum Gasteiger partial charge on any atom is -0.370 e. The summed E-state index contributed by atoms with van der Waals surface area (Å²) in [6, 6.07) is -0.107. The summed E-state index contributed by atoms with van der Waals surface area (Å²) < 4.78 is 0. The van der Waals surface area contributed by atoms with Gasteiger partial charge >= 0.3 is 6.03 Å². The molecular formula is C7H17N5O. The summed E-state index contributed by atoms with van der Waals surface area (Å²) >= 11 is 0. The summed E-state index contributed by atoms with van der Waals surface area (Å²) in [5.41, 5.74) is 10.3. The van der Waals surface area contributed by atoms with Crippen LogP contribution in [-0.4, -0.2) is 44.1 Å². The minimum absolute atomic E-state index is 0.0857. The Kier molecular flexibility index (Phi) is 5.42. The zero-order valence-electron chi connectivity index (χ0n) is 8.08. The standard InChI is InChI=1S/C7H17N5O/c1-10-7(13)12(2)5-3-4-11-6(8)9/h3-5H2,1-2H3,(H,10,13)(H4,8,9,11). The maximum Gasteiger partial charge on any atom is 0.316 e. The number of nitrogens with two attached hydrogens (primary N) is 2. The van der Waals surface area contributed by atoms with E-state index < -0.39 is 0 Å². The summed E-state index contributed by atoms with van der Waals surface area (Å²) in [4.78, 5) is 16.3. The van der Waals surface area contributed by atoms with Crippen LogP contribution < -0.4 is 16.8 Å². The third-order valence-electron chi connectivity index (χ3n) is 1.51. The normalized spacial score (nSPS) is 9.08. The number of hydrogen-bond donors (Lipinski definition) is 3. The van der Waals surface area contributed by atoms with E-state index in [4.69, 9.17) is 11.5 Å². The van der Waals surface area contributed by atoms with Gasteiger partial charge in [0.2, 0.25) is 0 Å². The number of carbonyl (C=O) groups excluding carboxylic acids is 1. The molecule has 6 nitrogen and oxygen atoms in total. The van der Waals surface area contributed by atoms with Crippen molar-refractivity contribution in [2.45, 2.75) is 6.42 Å². The summed E-state index contributed by atoms with van der Waals surface area (Å²) in [5.74, 6) is 0.0857. The van der Waals surface area contributed by atoms with E-state index in [9.17, 15) is 4.79 Å². The van der Waals surface area contributed by atoms with E-state index in [0.29, 0.717) is 13.1 Å². The third kappa shape index (κ3) is 5.77. The number of hydrogen-bond acceptors (Lipinski definition) is 2. The lowest BCUT2D eigenvalue weighted by molar-refractivity contribution is 0.211. The van der Waals surface area contributed by atoms with Crippen molar-refractivity contribution in [3.8, 4) is 0 Å². The highest BCUT2D eigenvalue weighted by Gasteiger charge is 2.03. The second-order valence-electron chi connectivity index (χ2n) is 2.64. The first kappa shape index (κ1) is 11.5. The molecule has 0 aromatic rings. The van der Waals surface area contributed by atoms with Crippen LogP contribution in [-0.2, 0) is 0 Å². The first-order chi connectivity index (χ1) is 6.07. The zero-order chi connectivity index (χ0) is 10.3. The van der Waals surface area contributed by atoms with Crippen LogP contribution in [0.5, 0.6) is 0 Å². The van der Waals surface area contributed by atoms with Gasteiger partial charge in [0, 0.05) is 27.2 Å². The number of rotatable bonds is 4. The van der Waals surface area contributed by atoms with Crippen molar-refractivity contribution in [2.75, 3.05) is 27.2 Å². The SMILES string of the molecule is CNC(=O)N(C)CCCN=C(N)N. The molecule has 0 aromatic heterocycles. The molecule has 2 amide bonds. The average Bonchev–Trinajstić information content (AvgIpc) is 2.10. The van der Waals surface area contributed by atoms with Crippen molar-refractivity contribution in [1.82, 2.24) is 10.2 Å². The first-order valence-corrected chi connectivity index (χ1v) is 4.06. The van der Waals surface area contributed by atoms with Crippen LogP contribution >= 0.6 is 0 Å². The Hall–Kier alpha value is -1.46. The molecule has 0 unspecified atom stereocenters. The average molecular weight is 187 g/mol. The molecule has 13 heavy (non-hydrogen) atoms. The van der Waals surface area contributed by atoms with E-state index in [2.05, 4.69) is 10.3 Å². The number of urea groups is 1. The Morgan fingerprint density at radius 2 is 2.15 bits per heavy atom. The molecular weight excluding hydrogens is 170 g/mol. The fraction of sp³-hybridized carbons (Fsp3) is 0.714. The molecule has 6 heteroatoms. The summed E-state index contributed by atoms with van der Waals surface area (Å²) in [6.07, 6.45) is 0.752. The van der Waals surface area contributed by atoms with E-state index >= 15 is 0 Å². The molecule has 0 saturated carbocycles. The van der Waals surface area contributed by atoms with Gasteiger partial charge in [-0.3, -0.25) is 4.99 Å². The number of nitrogens with zero attached hydrogens (tertiary/aromatic N) is 2. The van der Waals surface area contributed by atoms with Gasteiger partial charge in [0.1, 0.15) is 0 Å². The lowest BCUT2D eigenvalue weighted by atomic mass is 10.4. The Balaban J connectivity index is 3.53. The lowest BCUT2D eigenvalue weighted by Crippen LogP contribution is -2.35. The molecule has 0 aliphatic heterocycles. The van der Waals surface area contributed by atoms with Crippen molar-refractivity contribution in [2.24, 2.45) is 16.5 Å². The number of aliphatic imine (C=N–C) groups is 1. The minimum atomic E-state index is -0.107. The molecule has 0 radical (unpaired) electrons. The predicted molar refractivity (Wildman–Crippen MR) is 52.4 cm³/mol. The number of amides is 2. The first-order valence-electron chi connectivity index (χ1n) is 4.06. The van der Waals surface area contributed by atoms with Crippen LogP contribution in [0.15, 0.2) is 4.99 Å². The van der Waals surface area contributed by atoms with Crippen molar-refractivity contribution < 1.29 is 4.79 Å². The highest BCUT2D eigenvalue weighted by molar-refractivity contribution is 5.75. The van der Waals surface area contributed by atoms with E-state index in [1.54, 1.807) is 19.0 Å². The maximum absolute atomic E-state index is 11.0. The van der Waals surface area contributed by atoms with Gasteiger partial charge in [-0.2, -0.15) is 0 Å². The molecule has 0 saturated heterocycles. The van der Waals surface area contributed by atoms with Gasteiger partial charge in [0.05, 0.1) is 0 Å². The summed E-state index contributed by atoms with van der Waals surface area (Å²) in [7, 11) is 3.31. The van der Waals surface area contributed by atoms with Crippen LogP contribution in [0.2, 0.25) is 0 Å². The second kappa shape index (κ2) is 6.10. The van der Waals surface area contributed by atoms with Gasteiger partial charge in [-0.1, -0.05) is 0 Å². The number of nitrogens with one attached hydrogen (secondary N) is 1. The van der Waals surface area contributed by atoms with E-state index in [-0.39, 0.29) is 12.0 Å². The van der Waals surface area contributed by atoms with Crippen molar-refractivity contribution in [1.29, 1.82) is 0 Å². The topological polar surface area (TPSA) is 96.7 Å². The Morgan fingerprint density at radius 3 is 2.62 bits per heavy atom. The largest absolute Gasteiger partial charge is 0.370 e. The van der Waals surface area contributed by atoms with Gasteiger partial charge < -0.3 is 21.7 Å². The third-order valence-corrected chi connectivity index (χ3v) is 1.51. The van der Waals surface area contributed by atoms with Crippen LogP contribution in [0.1, 0.15) is 6.42 Å². The highest BCUT2D eigenvalue weighted by Crippen LogP contribution is 1.88. The van der Waals surface area contributed by atoms with Gasteiger partial charge in [-0.15, -0.1) is 0 Å². The van der Waals surface area contributed by atoms with Gasteiger partial charge in [-0.25, -0.2) is 4.79 Å². The zero-order valence-corrected chi connectivity index (χ0v) is 8.08. The quantitative estimate of drug-likeness (QED) is 0.297. The Bertz CT molecular complexity index is 187. The Labute approximate surface area is 78.0 Å². The molecule has 0 bridgehead atoms. The molecule has 0 aliphatic carbocycles. The summed E-state index contributed by atoms with van der Waals surface area (Å²) in [5, 5.41) is 2.52.